The molecule has 0 aliphatic rings. The first-order valence-corrected chi connectivity index (χ1v) is 3.47. The van der Waals surface area contributed by atoms with E-state index >= 15 is 0 Å². The van der Waals surface area contributed by atoms with Crippen LogP contribution < -0.4 is 0 Å². The van der Waals surface area contributed by atoms with Crippen LogP contribution in [0.2, 0.25) is 0 Å². The van der Waals surface area contributed by atoms with Crippen molar-refractivity contribution in [1.82, 2.24) is 0 Å². The summed E-state index contributed by atoms with van der Waals surface area (Å²) in [5.74, 6) is 0.343. The first kappa shape index (κ1) is 11.0. The van der Waals surface area contributed by atoms with Crippen LogP contribution >= 0.6 is 0 Å². The van der Waals surface area contributed by atoms with Crippen LogP contribution in [0.1, 0.15) is 0 Å². The van der Waals surface area contributed by atoms with Gasteiger partial charge >= 0.3 is 0 Å². The molecule has 0 fully saturated rings. The minimum atomic E-state index is 0. The van der Waals surface area contributed by atoms with Crippen LogP contribution in [0.4, 0.5) is 0 Å². The van der Waals surface area contributed by atoms with Gasteiger partial charge in [0.05, 0.1) is 0 Å². The Labute approximate surface area is 82.9 Å². The fourth-order valence-electron chi connectivity index (χ4n) is 0.685. The minimum Gasteiger partial charge on any atom is -0.748 e. The van der Waals surface area contributed by atoms with Crippen molar-refractivity contribution in [2.45, 2.75) is 0 Å². The van der Waals surface area contributed by atoms with Crippen molar-refractivity contribution in [3.63, 3.8) is 0 Å². The van der Waals surface area contributed by atoms with Crippen LogP contribution in [0.25, 0.3) is 0 Å². The van der Waals surface area contributed by atoms with Gasteiger partial charge in [0.25, 0.3) is 0 Å². The molecule has 2 heteroatoms. The average molecular weight is 202 g/mol. The van der Waals surface area contributed by atoms with Gasteiger partial charge in [0.1, 0.15) is 0 Å². The molecular weight excluding hydrogens is 192 g/mol. The molecule has 0 bridgehead atoms. The summed E-state index contributed by atoms with van der Waals surface area (Å²) in [6.45, 7) is 0. The molecule has 0 saturated heterocycles. The average Bonchev–Trinajstić information content (AvgIpc) is 2.57. The van der Waals surface area contributed by atoms with Crippen molar-refractivity contribution in [3.05, 3.63) is 54.6 Å². The summed E-state index contributed by atoms with van der Waals surface area (Å²) in [4.78, 5) is 0. The Hall–Kier alpha value is -0.981. The van der Waals surface area contributed by atoms with Crippen LogP contribution in [-0.4, -0.2) is 5.11 Å². The molecule has 0 amide bonds. The van der Waals surface area contributed by atoms with Crippen LogP contribution in [0.3, 0.4) is 0 Å². The third-order valence-corrected chi connectivity index (χ3v) is 1.20. The maximum absolute atomic E-state index is 8.47. The summed E-state index contributed by atoms with van der Waals surface area (Å²) in [6, 6.07) is 16.9. The van der Waals surface area contributed by atoms with Gasteiger partial charge in [-0.1, -0.05) is 0 Å². The zero-order chi connectivity index (χ0) is 7.94. The monoisotopic (exact) mass is 202 g/mol. The van der Waals surface area contributed by atoms with Crippen LogP contribution in [0, 0.1) is 0 Å². The molecule has 0 aromatic heterocycles. The van der Waals surface area contributed by atoms with E-state index in [0.29, 0.717) is 5.75 Å². The minimum absolute atomic E-state index is 0. The predicted octanol–water partition coefficient (Wildman–Crippen LogP) is 2.51. The van der Waals surface area contributed by atoms with Crippen molar-refractivity contribution < 1.29 is 22.2 Å². The Kier molecular flexibility index (Phi) is 6.16. The molecule has 0 atom stereocenters. The van der Waals surface area contributed by atoms with Gasteiger partial charge < -0.3 is 35.4 Å². The molecule has 2 aromatic rings. The maximum Gasteiger partial charge on any atom is 0.00174 e. The third kappa shape index (κ3) is 4.78. The van der Waals surface area contributed by atoms with E-state index in [-0.39, 0.29) is 17.1 Å². The van der Waals surface area contributed by atoms with E-state index in [0.717, 1.165) is 0 Å². The van der Waals surface area contributed by atoms with Gasteiger partial charge in [-0.15, -0.1) is 12.1 Å². The summed E-state index contributed by atoms with van der Waals surface area (Å²) in [5.41, 5.74) is 0. The van der Waals surface area contributed by atoms with Crippen LogP contribution in [0.5, 0.6) is 5.75 Å². The number of hydrogen-bond donors (Lipinski definition) is 1. The van der Waals surface area contributed by atoms with Gasteiger partial charge in [-0.3, -0.25) is 0 Å². The van der Waals surface area contributed by atoms with Crippen LogP contribution in [-0.2, 0) is 17.1 Å². The molecule has 0 radical (unpaired) electrons. The molecule has 0 aliphatic carbocycles. The van der Waals surface area contributed by atoms with E-state index < -0.39 is 0 Å². The summed E-state index contributed by atoms with van der Waals surface area (Å²) in [7, 11) is 0. The Bertz CT molecular complexity index is 228. The van der Waals surface area contributed by atoms with Gasteiger partial charge in [0, 0.05) is 22.8 Å². The summed E-state index contributed by atoms with van der Waals surface area (Å²) in [5, 5.41) is 8.47. The predicted molar refractivity (Wildman–Crippen MR) is 45.7 cm³/mol. The number of rotatable bonds is 0. The molecular formula is C10H10FeO-6. The van der Waals surface area contributed by atoms with Gasteiger partial charge in [-0.05, 0) is 0 Å². The second-order valence-corrected chi connectivity index (χ2v) is 2.11. The van der Waals surface area contributed by atoms with E-state index in [1.807, 2.05) is 30.3 Å². The molecule has 0 spiro atoms. The molecule has 1 nitrogen and oxygen atoms in total. The molecule has 2 rings (SSSR count). The van der Waals surface area contributed by atoms with E-state index in [4.69, 9.17) is 5.11 Å². The molecule has 0 saturated carbocycles. The zero-order valence-electron chi connectivity index (χ0n) is 6.50. The summed E-state index contributed by atoms with van der Waals surface area (Å²) in [6.07, 6.45) is 0. The Balaban J connectivity index is 0.000000189. The second-order valence-electron chi connectivity index (χ2n) is 2.11. The normalized spacial score (nSPS) is 7.67. The largest absolute Gasteiger partial charge is 0.748 e. The summed E-state index contributed by atoms with van der Waals surface area (Å²) >= 11 is 0. The fourth-order valence-corrected chi connectivity index (χ4v) is 0.685. The van der Waals surface area contributed by atoms with Crippen molar-refractivity contribution in [2.75, 3.05) is 0 Å². The van der Waals surface area contributed by atoms with Gasteiger partial charge in [0.15, 0.2) is 0 Å². The first-order valence-electron chi connectivity index (χ1n) is 3.47. The molecule has 12 heavy (non-hydrogen) atoms. The van der Waals surface area contributed by atoms with E-state index in [1.54, 1.807) is 24.3 Å². The van der Waals surface area contributed by atoms with Crippen molar-refractivity contribution in [1.29, 1.82) is 0 Å². The molecule has 2 aromatic carbocycles. The smallest absolute Gasteiger partial charge is 0.00174 e. The Morgan fingerprint density at radius 2 is 1.17 bits per heavy atom. The van der Waals surface area contributed by atoms with Crippen LogP contribution in [0.15, 0.2) is 54.6 Å². The standard InChI is InChI=1S/C5H5O.C5H5.Fe/c6-5-3-1-2-4-5;1-2-4-5-3-1;/h1-4,6H;1-5H;/q-1;-5;. The van der Waals surface area contributed by atoms with E-state index in [2.05, 4.69) is 0 Å². The summed E-state index contributed by atoms with van der Waals surface area (Å²) < 4.78 is 0. The van der Waals surface area contributed by atoms with Crippen molar-refractivity contribution in [2.24, 2.45) is 0 Å². The van der Waals surface area contributed by atoms with Gasteiger partial charge in [-0.25, -0.2) is 12.1 Å². The topological polar surface area (TPSA) is 20.2 Å². The van der Waals surface area contributed by atoms with E-state index in [1.165, 1.54) is 0 Å². The number of hydrogen-bond acceptors (Lipinski definition) is 1. The fraction of sp³-hybridized carbons (Fsp3) is 0. The molecule has 1 N–H and O–H groups in total. The Morgan fingerprint density at radius 1 is 0.833 bits per heavy atom. The quantitative estimate of drug-likeness (QED) is 0.514. The van der Waals surface area contributed by atoms with Crippen molar-refractivity contribution in [3.8, 4) is 5.75 Å². The van der Waals surface area contributed by atoms with Gasteiger partial charge in [-0.2, -0.15) is 0 Å². The molecule has 0 aliphatic heterocycles. The molecule has 0 unspecified atom stereocenters. The molecule has 70 valence electrons. The molecule has 0 heterocycles. The number of aromatic hydroxyl groups is 1. The second kappa shape index (κ2) is 6.71. The third-order valence-electron chi connectivity index (χ3n) is 1.20. The van der Waals surface area contributed by atoms with Crippen molar-refractivity contribution >= 4 is 0 Å². The first-order chi connectivity index (χ1) is 5.39. The maximum atomic E-state index is 8.47. The zero-order valence-corrected chi connectivity index (χ0v) is 7.60. The van der Waals surface area contributed by atoms with E-state index in [9.17, 15) is 0 Å². The Morgan fingerprint density at radius 3 is 1.33 bits per heavy atom. The SMILES string of the molecule is O[c-]1cccc1.[Fe].[cH-]1[cH-][cH-][cH-][cH-]1. The van der Waals surface area contributed by atoms with Gasteiger partial charge in [0.2, 0.25) is 0 Å².